The first-order valence-corrected chi connectivity index (χ1v) is 19.2. The van der Waals surface area contributed by atoms with Gasteiger partial charge in [0.25, 0.3) is 0 Å². The van der Waals surface area contributed by atoms with Crippen LogP contribution in [0.15, 0.2) is 164 Å². The second kappa shape index (κ2) is 19.2. The number of ether oxygens (including phenoxy) is 6. The Hall–Kier alpha value is -5.12. The van der Waals surface area contributed by atoms with Crippen LogP contribution in [-0.4, -0.2) is 43.2 Å². The molecule has 7 heteroatoms. The molecular formula is C49H50O7. The van der Waals surface area contributed by atoms with Crippen LogP contribution in [0.25, 0.3) is 0 Å². The predicted octanol–water partition coefficient (Wildman–Crippen LogP) is 9.11. The Morgan fingerprint density at radius 2 is 1.05 bits per heavy atom. The van der Waals surface area contributed by atoms with Gasteiger partial charge in [-0.15, -0.1) is 0 Å². The van der Waals surface area contributed by atoms with E-state index in [9.17, 15) is 5.11 Å². The minimum absolute atomic E-state index is 0.137. The van der Waals surface area contributed by atoms with E-state index in [-0.39, 0.29) is 19.8 Å². The van der Waals surface area contributed by atoms with Crippen molar-refractivity contribution in [1.82, 2.24) is 0 Å². The topological polar surface area (TPSA) is 75.6 Å². The highest BCUT2D eigenvalue weighted by atomic mass is 16.7. The summed E-state index contributed by atoms with van der Waals surface area (Å²) in [5, 5.41) is 13.2. The Morgan fingerprint density at radius 3 is 1.59 bits per heavy atom. The molecule has 1 saturated heterocycles. The van der Waals surface area contributed by atoms with Gasteiger partial charge in [0.1, 0.15) is 30.2 Å². The van der Waals surface area contributed by atoms with Crippen LogP contribution >= 0.6 is 0 Å². The average Bonchev–Trinajstić information content (AvgIpc) is 3.24. The third-order valence-electron chi connectivity index (χ3n) is 10.3. The quantitative estimate of drug-likeness (QED) is 0.0997. The van der Waals surface area contributed by atoms with Gasteiger partial charge in [0.15, 0.2) is 0 Å². The van der Waals surface area contributed by atoms with Crippen molar-refractivity contribution in [3.63, 3.8) is 0 Å². The molecule has 5 atom stereocenters. The zero-order valence-electron chi connectivity index (χ0n) is 32.0. The van der Waals surface area contributed by atoms with Crippen LogP contribution in [0, 0.1) is 6.92 Å². The Balaban J connectivity index is 1.29. The summed E-state index contributed by atoms with van der Waals surface area (Å²) in [7, 11) is 1.66. The van der Waals surface area contributed by atoms with E-state index in [4.69, 9.17) is 28.4 Å². The van der Waals surface area contributed by atoms with E-state index in [1.54, 1.807) is 7.11 Å². The van der Waals surface area contributed by atoms with E-state index >= 15 is 0 Å². The Kier molecular flexibility index (Phi) is 13.4. The standard InChI is InChI=1S/C49H50O7/c1-36-23-26-43(30-42(36)29-37-24-27-44(51-2)28-25-37)49(50)48(55-34-41-21-13-6-14-22-41)47(54-33-40-19-11-5-12-20-40)46(53-32-39-17-9-4-10-18-39)45(56-49)35-52-31-38-15-7-3-8-16-38/h3-28,30,45-48,50H,29,31-35H2,1-2H3/t45-,46-,47+,48-,49?/m1/s1. The van der Waals surface area contributed by atoms with Crippen LogP contribution in [-0.2, 0) is 62.3 Å². The monoisotopic (exact) mass is 750 g/mol. The normalized spacial score (nSPS) is 20.8. The second-order valence-corrected chi connectivity index (χ2v) is 14.3. The van der Waals surface area contributed by atoms with E-state index in [1.807, 2.05) is 152 Å². The third kappa shape index (κ3) is 10.00. The third-order valence-corrected chi connectivity index (χ3v) is 10.3. The molecule has 1 heterocycles. The number of benzene rings is 6. The maximum absolute atomic E-state index is 13.2. The van der Waals surface area contributed by atoms with Gasteiger partial charge >= 0.3 is 0 Å². The number of rotatable bonds is 17. The molecule has 1 aliphatic rings. The summed E-state index contributed by atoms with van der Waals surface area (Å²) in [4.78, 5) is 0. The molecule has 0 radical (unpaired) electrons. The SMILES string of the molecule is COc1ccc(Cc2cc(C3(O)O[C@H](COCc4ccccc4)[C@@H](OCc4ccccc4)[C@H](OCc4ccccc4)[C@H]3OCc3ccccc3)ccc2C)cc1. The first-order valence-electron chi connectivity index (χ1n) is 19.2. The predicted molar refractivity (Wildman–Crippen MR) is 217 cm³/mol. The van der Waals surface area contributed by atoms with Crippen molar-refractivity contribution in [2.45, 2.75) is 70.0 Å². The molecule has 0 aromatic heterocycles. The van der Waals surface area contributed by atoms with E-state index in [0.717, 1.165) is 44.7 Å². The zero-order valence-corrected chi connectivity index (χ0v) is 32.0. The largest absolute Gasteiger partial charge is 0.497 e. The first kappa shape index (κ1) is 39.1. The van der Waals surface area contributed by atoms with Crippen LogP contribution < -0.4 is 4.74 Å². The van der Waals surface area contributed by atoms with Crippen molar-refractivity contribution in [3.8, 4) is 5.75 Å². The molecule has 1 N–H and O–H groups in total. The van der Waals surface area contributed by atoms with Gasteiger partial charge in [0.2, 0.25) is 5.79 Å². The van der Waals surface area contributed by atoms with Gasteiger partial charge in [-0.1, -0.05) is 146 Å². The highest BCUT2D eigenvalue weighted by Gasteiger charge is 2.57. The molecule has 56 heavy (non-hydrogen) atoms. The minimum Gasteiger partial charge on any atom is -0.497 e. The van der Waals surface area contributed by atoms with Gasteiger partial charge < -0.3 is 33.5 Å². The molecular weight excluding hydrogens is 701 g/mol. The highest BCUT2D eigenvalue weighted by molar-refractivity contribution is 5.39. The summed E-state index contributed by atoms with van der Waals surface area (Å²) in [5.74, 6) is -1.15. The lowest BCUT2D eigenvalue weighted by Crippen LogP contribution is -2.65. The number of aliphatic hydroxyl groups is 1. The Labute approximate surface area is 330 Å². The summed E-state index contributed by atoms with van der Waals surface area (Å²) in [6.45, 7) is 3.37. The van der Waals surface area contributed by atoms with Crippen LogP contribution in [0.1, 0.15) is 44.5 Å². The lowest BCUT2D eigenvalue weighted by molar-refractivity contribution is -0.378. The molecule has 6 aromatic rings. The van der Waals surface area contributed by atoms with Crippen molar-refractivity contribution in [1.29, 1.82) is 0 Å². The van der Waals surface area contributed by atoms with Crippen molar-refractivity contribution >= 4 is 0 Å². The van der Waals surface area contributed by atoms with E-state index < -0.39 is 30.2 Å². The molecule has 288 valence electrons. The van der Waals surface area contributed by atoms with Gasteiger partial charge in [-0.3, -0.25) is 0 Å². The van der Waals surface area contributed by atoms with Crippen molar-refractivity contribution in [2.24, 2.45) is 0 Å². The highest BCUT2D eigenvalue weighted by Crippen LogP contribution is 2.42. The van der Waals surface area contributed by atoms with E-state index in [2.05, 4.69) is 19.1 Å². The number of hydrogen-bond donors (Lipinski definition) is 1. The summed E-state index contributed by atoms with van der Waals surface area (Å²) < 4.78 is 39.2. The molecule has 0 aliphatic carbocycles. The molecule has 0 amide bonds. The first-order chi connectivity index (χ1) is 27.5. The maximum atomic E-state index is 13.2. The van der Waals surface area contributed by atoms with E-state index in [1.165, 1.54) is 0 Å². The van der Waals surface area contributed by atoms with Gasteiger partial charge in [0.05, 0.1) is 40.1 Å². The fourth-order valence-corrected chi connectivity index (χ4v) is 7.13. The molecule has 0 spiro atoms. The summed E-state index contributed by atoms with van der Waals surface area (Å²) >= 11 is 0. The lowest BCUT2D eigenvalue weighted by atomic mass is 9.85. The zero-order chi connectivity index (χ0) is 38.6. The average molecular weight is 751 g/mol. The summed E-state index contributed by atoms with van der Waals surface area (Å²) in [6, 6.07) is 54.0. The second-order valence-electron chi connectivity index (χ2n) is 14.3. The van der Waals surface area contributed by atoms with Crippen LogP contribution in [0.5, 0.6) is 5.75 Å². The van der Waals surface area contributed by atoms with Gasteiger partial charge in [0, 0.05) is 5.56 Å². The maximum Gasteiger partial charge on any atom is 0.222 e. The molecule has 7 rings (SSSR count). The Morgan fingerprint density at radius 1 is 0.554 bits per heavy atom. The van der Waals surface area contributed by atoms with Crippen LogP contribution in [0.2, 0.25) is 0 Å². The smallest absolute Gasteiger partial charge is 0.222 e. The van der Waals surface area contributed by atoms with Gasteiger partial charge in [-0.05, 0) is 70.5 Å². The van der Waals surface area contributed by atoms with Gasteiger partial charge in [-0.25, -0.2) is 0 Å². The fraction of sp³-hybridized carbons (Fsp3) is 0.265. The van der Waals surface area contributed by atoms with Crippen LogP contribution in [0.3, 0.4) is 0 Å². The summed E-state index contributed by atoms with van der Waals surface area (Å²) in [6.07, 6.45) is -2.56. The molecule has 6 aromatic carbocycles. The van der Waals surface area contributed by atoms with Crippen molar-refractivity contribution in [3.05, 3.63) is 208 Å². The number of hydrogen-bond acceptors (Lipinski definition) is 7. The fourth-order valence-electron chi connectivity index (χ4n) is 7.13. The van der Waals surface area contributed by atoms with Crippen molar-refractivity contribution < 1.29 is 33.5 Å². The minimum atomic E-state index is -1.95. The van der Waals surface area contributed by atoms with Crippen LogP contribution in [0.4, 0.5) is 0 Å². The van der Waals surface area contributed by atoms with E-state index in [0.29, 0.717) is 25.2 Å². The number of methoxy groups -OCH3 is 1. The number of aryl methyl sites for hydroxylation is 1. The molecule has 0 saturated carbocycles. The molecule has 7 nitrogen and oxygen atoms in total. The molecule has 0 bridgehead atoms. The Bertz CT molecular complexity index is 2060. The lowest BCUT2D eigenvalue weighted by Gasteiger charge is -2.50. The molecule has 1 unspecified atom stereocenters. The summed E-state index contributed by atoms with van der Waals surface area (Å²) in [5.41, 5.74) is 7.79. The molecule has 1 fully saturated rings. The molecule has 1 aliphatic heterocycles. The van der Waals surface area contributed by atoms with Gasteiger partial charge in [-0.2, -0.15) is 0 Å². The van der Waals surface area contributed by atoms with Crippen molar-refractivity contribution in [2.75, 3.05) is 13.7 Å².